The molecule has 1 saturated carbocycles. The molecule has 0 aliphatic heterocycles. The van der Waals surface area contributed by atoms with E-state index >= 15 is 0 Å². The maximum Gasteiger partial charge on any atom is 0.306 e. The van der Waals surface area contributed by atoms with Gasteiger partial charge in [-0.3, -0.25) is 4.79 Å². The Morgan fingerprint density at radius 1 is 1.45 bits per heavy atom. The highest BCUT2D eigenvalue weighted by molar-refractivity contribution is 5.70. The summed E-state index contributed by atoms with van der Waals surface area (Å²) < 4.78 is 2.19. The molecule has 1 aromatic rings. The smallest absolute Gasteiger partial charge is 0.306 e. The molecular formula is C17H29N3O2. The number of carboxylic acids is 1. The number of carbonyl (C=O) groups is 1. The van der Waals surface area contributed by atoms with Crippen molar-refractivity contribution in [1.82, 2.24) is 9.55 Å². The van der Waals surface area contributed by atoms with E-state index < -0.39 is 11.9 Å². The zero-order chi connectivity index (χ0) is 16.1. The number of aromatic nitrogens is 2. The van der Waals surface area contributed by atoms with E-state index in [1.807, 2.05) is 19.4 Å². The molecule has 1 fully saturated rings. The van der Waals surface area contributed by atoms with Gasteiger partial charge in [-0.15, -0.1) is 0 Å². The highest BCUT2D eigenvalue weighted by atomic mass is 16.4. The standard InChI is InChI=1S/C17H29N3O2/c1-12-3-5-16(6-4-12)20-10-15(19-11-20)8-14(17(21)22)7-13(2)9-18/h10-14,16H,3-9,18H2,1-2H3,(H,21,22)/t12?,13-,14-,16?/m0/s1. The molecule has 5 nitrogen and oxygen atoms in total. The summed E-state index contributed by atoms with van der Waals surface area (Å²) in [6.07, 6.45) is 9.96. The molecule has 0 unspecified atom stereocenters. The first-order chi connectivity index (χ1) is 10.5. The molecule has 2 rings (SSSR count). The lowest BCUT2D eigenvalue weighted by Crippen LogP contribution is -2.23. The lowest BCUT2D eigenvalue weighted by molar-refractivity contribution is -0.142. The maximum atomic E-state index is 11.4. The predicted molar refractivity (Wildman–Crippen MR) is 86.6 cm³/mol. The van der Waals surface area contributed by atoms with Crippen LogP contribution in [0.4, 0.5) is 0 Å². The maximum absolute atomic E-state index is 11.4. The van der Waals surface area contributed by atoms with Gasteiger partial charge in [0, 0.05) is 18.7 Å². The lowest BCUT2D eigenvalue weighted by atomic mass is 9.87. The SMILES string of the molecule is CC1CCC(n2cnc(C[C@H](C[C@H](C)CN)C(=O)O)c2)CC1. The summed E-state index contributed by atoms with van der Waals surface area (Å²) in [5.74, 6) is -0.0916. The van der Waals surface area contributed by atoms with Crippen LogP contribution in [0.5, 0.6) is 0 Å². The molecule has 0 aromatic carbocycles. The fourth-order valence-corrected chi connectivity index (χ4v) is 3.33. The third-order valence-electron chi connectivity index (χ3n) is 4.96. The fourth-order valence-electron chi connectivity index (χ4n) is 3.33. The Balaban J connectivity index is 1.96. The van der Waals surface area contributed by atoms with E-state index in [0.29, 0.717) is 25.4 Å². The van der Waals surface area contributed by atoms with E-state index in [1.165, 1.54) is 25.7 Å². The van der Waals surface area contributed by atoms with Crippen LogP contribution >= 0.6 is 0 Å². The molecule has 0 radical (unpaired) electrons. The van der Waals surface area contributed by atoms with Crippen LogP contribution in [0, 0.1) is 17.8 Å². The molecule has 1 aliphatic rings. The molecular weight excluding hydrogens is 278 g/mol. The molecule has 1 heterocycles. The van der Waals surface area contributed by atoms with Crippen molar-refractivity contribution in [3.63, 3.8) is 0 Å². The van der Waals surface area contributed by atoms with E-state index in [9.17, 15) is 9.90 Å². The van der Waals surface area contributed by atoms with Gasteiger partial charge in [0.2, 0.25) is 0 Å². The summed E-state index contributed by atoms with van der Waals surface area (Å²) in [6, 6.07) is 0.531. The van der Waals surface area contributed by atoms with Crippen LogP contribution in [0.3, 0.4) is 0 Å². The van der Waals surface area contributed by atoms with Gasteiger partial charge >= 0.3 is 5.97 Å². The fraction of sp³-hybridized carbons (Fsp3) is 0.765. The topological polar surface area (TPSA) is 81.1 Å². The van der Waals surface area contributed by atoms with Gasteiger partial charge in [0.25, 0.3) is 0 Å². The minimum absolute atomic E-state index is 0.225. The van der Waals surface area contributed by atoms with Crippen LogP contribution < -0.4 is 5.73 Å². The Bertz CT molecular complexity index is 478. The Kier molecular flexibility index (Phi) is 6.00. The highest BCUT2D eigenvalue weighted by Crippen LogP contribution is 2.32. The average Bonchev–Trinajstić information content (AvgIpc) is 2.95. The lowest BCUT2D eigenvalue weighted by Gasteiger charge is -2.26. The molecule has 0 amide bonds. The van der Waals surface area contributed by atoms with Crippen molar-refractivity contribution in [3.8, 4) is 0 Å². The Morgan fingerprint density at radius 3 is 2.73 bits per heavy atom. The third-order valence-corrected chi connectivity index (χ3v) is 4.96. The molecule has 1 aliphatic carbocycles. The average molecular weight is 307 g/mol. The van der Waals surface area contributed by atoms with Gasteiger partial charge < -0.3 is 15.4 Å². The molecule has 5 heteroatoms. The van der Waals surface area contributed by atoms with E-state index in [2.05, 4.69) is 16.5 Å². The van der Waals surface area contributed by atoms with Crippen LogP contribution in [0.25, 0.3) is 0 Å². The first-order valence-corrected chi connectivity index (χ1v) is 8.44. The van der Waals surface area contributed by atoms with E-state index in [4.69, 9.17) is 5.73 Å². The Hall–Kier alpha value is -1.36. The van der Waals surface area contributed by atoms with Crippen molar-refractivity contribution in [1.29, 1.82) is 0 Å². The van der Waals surface area contributed by atoms with E-state index in [1.54, 1.807) is 0 Å². The molecule has 0 bridgehead atoms. The van der Waals surface area contributed by atoms with Crippen LogP contribution in [0.1, 0.15) is 57.7 Å². The molecule has 22 heavy (non-hydrogen) atoms. The van der Waals surface area contributed by atoms with Gasteiger partial charge in [-0.25, -0.2) is 4.98 Å². The zero-order valence-corrected chi connectivity index (χ0v) is 13.7. The van der Waals surface area contributed by atoms with Crippen molar-refractivity contribution in [2.24, 2.45) is 23.5 Å². The monoisotopic (exact) mass is 307 g/mol. The van der Waals surface area contributed by atoms with Gasteiger partial charge in [-0.1, -0.05) is 13.8 Å². The summed E-state index contributed by atoms with van der Waals surface area (Å²) in [5, 5.41) is 9.39. The quantitative estimate of drug-likeness (QED) is 0.811. The van der Waals surface area contributed by atoms with Crippen LogP contribution in [0.15, 0.2) is 12.5 Å². The second-order valence-corrected chi connectivity index (χ2v) is 7.04. The van der Waals surface area contributed by atoms with Crippen LogP contribution in [0.2, 0.25) is 0 Å². The zero-order valence-electron chi connectivity index (χ0n) is 13.7. The number of imidazole rings is 1. The first kappa shape index (κ1) is 17.0. The number of nitrogens with zero attached hydrogens (tertiary/aromatic N) is 2. The highest BCUT2D eigenvalue weighted by Gasteiger charge is 2.23. The minimum Gasteiger partial charge on any atom is -0.481 e. The summed E-state index contributed by atoms with van der Waals surface area (Å²) in [7, 11) is 0. The number of aliphatic carboxylic acids is 1. The van der Waals surface area contributed by atoms with Crippen LogP contribution in [-0.4, -0.2) is 27.2 Å². The first-order valence-electron chi connectivity index (χ1n) is 8.44. The van der Waals surface area contributed by atoms with Gasteiger partial charge in [0.1, 0.15) is 0 Å². The van der Waals surface area contributed by atoms with Gasteiger partial charge in [0.05, 0.1) is 17.9 Å². The molecule has 1 aromatic heterocycles. The van der Waals surface area contributed by atoms with Crippen molar-refractivity contribution in [3.05, 3.63) is 18.2 Å². The minimum atomic E-state index is -0.749. The number of hydrogen-bond donors (Lipinski definition) is 2. The van der Waals surface area contributed by atoms with Gasteiger partial charge in [-0.2, -0.15) is 0 Å². The number of hydrogen-bond acceptors (Lipinski definition) is 3. The largest absolute Gasteiger partial charge is 0.481 e. The summed E-state index contributed by atoms with van der Waals surface area (Å²) >= 11 is 0. The molecule has 0 spiro atoms. The van der Waals surface area contributed by atoms with Crippen molar-refractivity contribution in [2.75, 3.05) is 6.54 Å². The number of carboxylic acid groups (broad SMARTS) is 1. The summed E-state index contributed by atoms with van der Waals surface area (Å²) in [5.41, 5.74) is 6.50. The molecule has 3 N–H and O–H groups in total. The second kappa shape index (κ2) is 7.77. The summed E-state index contributed by atoms with van der Waals surface area (Å²) in [4.78, 5) is 15.9. The number of rotatable bonds is 7. The Morgan fingerprint density at radius 2 is 2.14 bits per heavy atom. The third kappa shape index (κ3) is 4.57. The van der Waals surface area contributed by atoms with Crippen molar-refractivity contribution in [2.45, 2.75) is 58.4 Å². The van der Waals surface area contributed by atoms with Gasteiger partial charge in [-0.05, 0) is 50.5 Å². The summed E-state index contributed by atoms with van der Waals surface area (Å²) in [6.45, 7) is 4.84. The second-order valence-electron chi connectivity index (χ2n) is 7.04. The molecule has 2 atom stereocenters. The normalized spacial score (nSPS) is 24.9. The predicted octanol–water partition coefficient (Wildman–Crippen LogP) is 2.86. The van der Waals surface area contributed by atoms with Crippen molar-refractivity contribution < 1.29 is 9.90 Å². The molecule has 124 valence electrons. The van der Waals surface area contributed by atoms with Crippen molar-refractivity contribution >= 4 is 5.97 Å². The van der Waals surface area contributed by atoms with Crippen LogP contribution in [-0.2, 0) is 11.2 Å². The molecule has 0 saturated heterocycles. The number of nitrogens with two attached hydrogens (primary N) is 1. The van der Waals surface area contributed by atoms with E-state index in [-0.39, 0.29) is 5.92 Å². The van der Waals surface area contributed by atoms with Gasteiger partial charge in [0.15, 0.2) is 0 Å². The van der Waals surface area contributed by atoms with E-state index in [0.717, 1.165) is 11.6 Å². The Labute approximate surface area is 132 Å².